The quantitative estimate of drug-likeness (QED) is 0.659. The van der Waals surface area contributed by atoms with Crippen molar-refractivity contribution >= 4 is 27.5 Å². The van der Waals surface area contributed by atoms with Gasteiger partial charge in [0.05, 0.1) is 7.11 Å². The Morgan fingerprint density at radius 3 is 2.42 bits per heavy atom. The van der Waals surface area contributed by atoms with Crippen molar-refractivity contribution in [2.75, 3.05) is 12.4 Å². The molecule has 0 saturated heterocycles. The molecule has 0 aliphatic carbocycles. The first kappa shape index (κ1) is 16.1. The largest absolute Gasteiger partial charge is 0.493 e. The molecule has 0 unspecified atom stereocenters. The Hall–Kier alpha value is -2.73. The standard InChI is InChI=1S/C18H15BrN2O3/c1-23-16-4-2-3-5-17(16)24-14-8-6-13(7-9-14)21-18(22)15-10-12(19)11-20-15/h2-11,20H,1H3,(H,21,22). The van der Waals surface area contributed by atoms with Gasteiger partial charge in [0.25, 0.3) is 5.91 Å². The number of aromatic amines is 1. The number of rotatable bonds is 5. The molecule has 0 radical (unpaired) electrons. The van der Waals surface area contributed by atoms with Gasteiger partial charge in [-0.15, -0.1) is 0 Å². The third-order valence-corrected chi connectivity index (χ3v) is 3.76. The van der Waals surface area contributed by atoms with Gasteiger partial charge in [-0.25, -0.2) is 0 Å². The van der Waals surface area contributed by atoms with E-state index in [-0.39, 0.29) is 5.91 Å². The van der Waals surface area contributed by atoms with Gasteiger partial charge in [0.15, 0.2) is 11.5 Å². The van der Waals surface area contributed by atoms with Gasteiger partial charge < -0.3 is 19.8 Å². The number of anilines is 1. The highest BCUT2D eigenvalue weighted by Gasteiger charge is 2.09. The van der Waals surface area contributed by atoms with E-state index in [1.165, 1.54) is 0 Å². The molecule has 24 heavy (non-hydrogen) atoms. The number of nitrogens with one attached hydrogen (secondary N) is 2. The number of H-pyrrole nitrogens is 1. The molecule has 0 saturated carbocycles. The lowest BCUT2D eigenvalue weighted by Crippen LogP contribution is -2.11. The number of para-hydroxylation sites is 2. The lowest BCUT2D eigenvalue weighted by atomic mass is 10.2. The highest BCUT2D eigenvalue weighted by Crippen LogP contribution is 2.31. The number of amides is 1. The summed E-state index contributed by atoms with van der Waals surface area (Å²) in [7, 11) is 1.60. The SMILES string of the molecule is COc1ccccc1Oc1ccc(NC(=O)c2cc(Br)c[nH]2)cc1. The summed E-state index contributed by atoms with van der Waals surface area (Å²) in [5.41, 5.74) is 1.16. The van der Waals surface area contributed by atoms with Gasteiger partial charge in [-0.05, 0) is 58.4 Å². The zero-order valence-electron chi connectivity index (χ0n) is 12.9. The number of hydrogen-bond acceptors (Lipinski definition) is 3. The molecule has 3 rings (SSSR count). The van der Waals surface area contributed by atoms with E-state index in [0.717, 1.165) is 4.47 Å². The van der Waals surface area contributed by atoms with Gasteiger partial charge in [0.1, 0.15) is 11.4 Å². The molecule has 2 N–H and O–H groups in total. The molecular formula is C18H15BrN2O3. The number of hydrogen-bond donors (Lipinski definition) is 2. The number of carbonyl (C=O) groups is 1. The van der Waals surface area contributed by atoms with Crippen LogP contribution in [0.25, 0.3) is 0 Å². The summed E-state index contributed by atoms with van der Waals surface area (Å²) >= 11 is 3.30. The summed E-state index contributed by atoms with van der Waals surface area (Å²) in [4.78, 5) is 15.0. The molecule has 1 heterocycles. The van der Waals surface area contributed by atoms with Gasteiger partial charge in [0.2, 0.25) is 0 Å². The van der Waals surface area contributed by atoms with Gasteiger partial charge in [-0.3, -0.25) is 4.79 Å². The first-order valence-electron chi connectivity index (χ1n) is 7.22. The fourth-order valence-electron chi connectivity index (χ4n) is 2.13. The van der Waals surface area contributed by atoms with E-state index < -0.39 is 0 Å². The average molecular weight is 387 g/mol. The molecule has 6 heteroatoms. The number of ether oxygens (including phenoxy) is 2. The fourth-order valence-corrected chi connectivity index (χ4v) is 2.48. The second-order valence-electron chi connectivity index (χ2n) is 4.96. The fraction of sp³-hybridized carbons (Fsp3) is 0.0556. The molecule has 0 aliphatic rings. The minimum absolute atomic E-state index is 0.209. The van der Waals surface area contributed by atoms with Crippen molar-refractivity contribution in [3.05, 3.63) is 71.0 Å². The van der Waals surface area contributed by atoms with E-state index >= 15 is 0 Å². The third-order valence-electron chi connectivity index (χ3n) is 3.30. The van der Waals surface area contributed by atoms with Crippen molar-refractivity contribution < 1.29 is 14.3 Å². The van der Waals surface area contributed by atoms with E-state index in [1.54, 1.807) is 43.6 Å². The van der Waals surface area contributed by atoms with Gasteiger partial charge in [0, 0.05) is 16.4 Å². The lowest BCUT2D eigenvalue weighted by molar-refractivity contribution is 0.102. The summed E-state index contributed by atoms with van der Waals surface area (Å²) < 4.78 is 11.9. The van der Waals surface area contributed by atoms with Crippen molar-refractivity contribution in [1.29, 1.82) is 0 Å². The highest BCUT2D eigenvalue weighted by atomic mass is 79.9. The van der Waals surface area contributed by atoms with E-state index in [9.17, 15) is 4.79 Å². The molecule has 1 amide bonds. The van der Waals surface area contributed by atoms with Crippen LogP contribution in [0.3, 0.4) is 0 Å². The molecule has 122 valence electrons. The molecule has 0 fully saturated rings. The van der Waals surface area contributed by atoms with Gasteiger partial charge >= 0.3 is 0 Å². The minimum Gasteiger partial charge on any atom is -0.493 e. The van der Waals surface area contributed by atoms with Crippen LogP contribution >= 0.6 is 15.9 Å². The Balaban J connectivity index is 1.68. The number of halogens is 1. The first-order chi connectivity index (χ1) is 11.7. The number of methoxy groups -OCH3 is 1. The summed E-state index contributed by atoms with van der Waals surface area (Å²) in [5.74, 6) is 1.74. The maximum Gasteiger partial charge on any atom is 0.272 e. The summed E-state index contributed by atoms with van der Waals surface area (Å²) in [6, 6.07) is 16.3. The van der Waals surface area contributed by atoms with Gasteiger partial charge in [-0.2, -0.15) is 0 Å². The molecular weight excluding hydrogens is 372 g/mol. The molecule has 3 aromatic rings. The van der Waals surface area contributed by atoms with Crippen LogP contribution < -0.4 is 14.8 Å². The van der Waals surface area contributed by atoms with Crippen LogP contribution in [-0.2, 0) is 0 Å². The van der Waals surface area contributed by atoms with Crippen molar-refractivity contribution in [2.45, 2.75) is 0 Å². The van der Waals surface area contributed by atoms with E-state index in [4.69, 9.17) is 9.47 Å². The molecule has 5 nitrogen and oxygen atoms in total. The number of benzene rings is 2. The average Bonchev–Trinajstić information content (AvgIpc) is 3.04. The van der Waals surface area contributed by atoms with Gasteiger partial charge in [-0.1, -0.05) is 12.1 Å². The van der Waals surface area contributed by atoms with Crippen molar-refractivity contribution in [3.8, 4) is 17.2 Å². The molecule has 0 bridgehead atoms. The number of aromatic nitrogens is 1. The normalized spacial score (nSPS) is 10.2. The topological polar surface area (TPSA) is 63.4 Å². The third kappa shape index (κ3) is 3.78. The zero-order chi connectivity index (χ0) is 16.9. The molecule has 2 aromatic carbocycles. The monoisotopic (exact) mass is 386 g/mol. The Morgan fingerprint density at radius 1 is 1.08 bits per heavy atom. The Morgan fingerprint density at radius 2 is 1.79 bits per heavy atom. The first-order valence-corrected chi connectivity index (χ1v) is 8.01. The second-order valence-corrected chi connectivity index (χ2v) is 5.88. The smallest absolute Gasteiger partial charge is 0.272 e. The van der Waals surface area contributed by atoms with Crippen LogP contribution in [-0.4, -0.2) is 18.0 Å². The van der Waals surface area contributed by atoms with Crippen molar-refractivity contribution in [1.82, 2.24) is 4.98 Å². The Bertz CT molecular complexity index is 843. The van der Waals surface area contributed by atoms with E-state index in [1.807, 2.05) is 24.3 Å². The summed E-state index contributed by atoms with van der Waals surface area (Å²) in [6.07, 6.45) is 1.71. The van der Waals surface area contributed by atoms with Crippen LogP contribution in [0.5, 0.6) is 17.2 Å². The predicted octanol–water partition coefficient (Wildman–Crippen LogP) is 4.83. The lowest BCUT2D eigenvalue weighted by Gasteiger charge is -2.10. The van der Waals surface area contributed by atoms with Crippen LogP contribution in [0, 0.1) is 0 Å². The predicted molar refractivity (Wildman–Crippen MR) is 96.0 cm³/mol. The van der Waals surface area contributed by atoms with Crippen LogP contribution in [0.1, 0.15) is 10.5 Å². The molecule has 0 spiro atoms. The van der Waals surface area contributed by atoms with E-state index in [0.29, 0.717) is 28.6 Å². The Kier molecular flexibility index (Phi) is 4.86. The van der Waals surface area contributed by atoms with Crippen molar-refractivity contribution in [2.24, 2.45) is 0 Å². The highest BCUT2D eigenvalue weighted by molar-refractivity contribution is 9.10. The minimum atomic E-state index is -0.209. The van der Waals surface area contributed by atoms with Crippen LogP contribution in [0.4, 0.5) is 5.69 Å². The van der Waals surface area contributed by atoms with Crippen molar-refractivity contribution in [3.63, 3.8) is 0 Å². The Labute approximate surface area is 147 Å². The maximum absolute atomic E-state index is 12.1. The molecule has 1 aromatic heterocycles. The zero-order valence-corrected chi connectivity index (χ0v) is 14.5. The summed E-state index contributed by atoms with van der Waals surface area (Å²) in [5, 5.41) is 2.81. The second kappa shape index (κ2) is 7.23. The summed E-state index contributed by atoms with van der Waals surface area (Å²) in [6.45, 7) is 0. The van der Waals surface area contributed by atoms with Crippen LogP contribution in [0.2, 0.25) is 0 Å². The molecule has 0 atom stereocenters. The number of carbonyl (C=O) groups excluding carboxylic acids is 1. The molecule has 0 aliphatic heterocycles. The van der Waals surface area contributed by atoms with Crippen LogP contribution in [0.15, 0.2) is 65.3 Å². The van der Waals surface area contributed by atoms with E-state index in [2.05, 4.69) is 26.2 Å². The maximum atomic E-state index is 12.1.